The first-order chi connectivity index (χ1) is 1.91. The Hall–Kier alpha value is 1.84. The third-order valence-electron chi connectivity index (χ3n) is 0.109. The quantitative estimate of drug-likeness (QED) is 0.263. The molecule has 0 bridgehead atoms. The van der Waals surface area contributed by atoms with Crippen LogP contribution in [-0.2, 0) is 0 Å². The van der Waals surface area contributed by atoms with Crippen molar-refractivity contribution in [3.8, 4) is 0 Å². The van der Waals surface area contributed by atoms with Crippen LogP contribution in [0.4, 0.5) is 4.39 Å². The molecule has 0 nitrogen and oxygen atoms in total. The number of halogens is 1. The zero-order chi connectivity index (χ0) is 3.41. The van der Waals surface area contributed by atoms with Crippen LogP contribution in [0.2, 0.25) is 0 Å². The fourth-order valence-corrected chi connectivity index (χ4v) is 0. The second-order valence-corrected chi connectivity index (χ2v) is 0.443. The van der Waals surface area contributed by atoms with Gasteiger partial charge in [-0.1, -0.05) is 6.08 Å². The van der Waals surface area contributed by atoms with Gasteiger partial charge in [0.25, 0.3) is 0 Å². The summed E-state index contributed by atoms with van der Waals surface area (Å²) in [5.74, 6) is 0. The van der Waals surface area contributed by atoms with Gasteiger partial charge in [0, 0.05) is 0 Å². The van der Waals surface area contributed by atoms with Gasteiger partial charge in [-0.3, -0.25) is 0 Å². The number of alkyl halides is 1. The fourth-order valence-electron chi connectivity index (χ4n) is 0. The summed E-state index contributed by atoms with van der Waals surface area (Å²) in [6.45, 7) is 2.69. The molecule has 0 spiro atoms. The van der Waals surface area contributed by atoms with E-state index in [-0.39, 0.29) is 70.2 Å². The standard InChI is InChI=1S/C3H5F.Al.K.4H/c1-2-3-4;;;;;;/h2H,1,3H2;;;;;;/q;;+1;;;;-1. The van der Waals surface area contributed by atoms with Crippen LogP contribution in [-0.4, -0.2) is 24.0 Å². The first-order valence-corrected chi connectivity index (χ1v) is 1.08. The first-order valence-electron chi connectivity index (χ1n) is 1.08. The van der Waals surface area contributed by atoms with E-state index in [0.717, 1.165) is 0 Å². The van der Waals surface area contributed by atoms with Crippen LogP contribution in [0.15, 0.2) is 12.7 Å². The minimum absolute atomic E-state index is 0. The van der Waals surface area contributed by atoms with Crippen molar-refractivity contribution < 1.29 is 57.2 Å². The van der Waals surface area contributed by atoms with Crippen LogP contribution < -0.4 is 51.4 Å². The minimum Gasteiger partial charge on any atom is -1.00 e. The molecule has 0 aliphatic heterocycles. The maximum Gasteiger partial charge on any atom is 1.00 e. The molecule has 32 valence electrons. The van der Waals surface area contributed by atoms with Crippen LogP contribution in [0.3, 0.4) is 0 Å². The molecule has 6 heavy (non-hydrogen) atoms. The Kier molecular flexibility index (Phi) is 41.3. The normalized spacial score (nSPS) is 4.17. The molecule has 0 aliphatic rings. The summed E-state index contributed by atoms with van der Waals surface area (Å²) in [7, 11) is 0. The van der Waals surface area contributed by atoms with E-state index >= 15 is 0 Å². The van der Waals surface area contributed by atoms with Gasteiger partial charge in [-0.25, -0.2) is 4.39 Å². The van der Waals surface area contributed by atoms with E-state index < -0.39 is 6.67 Å². The van der Waals surface area contributed by atoms with Gasteiger partial charge >= 0.3 is 51.4 Å². The summed E-state index contributed by atoms with van der Waals surface area (Å²) in [6.07, 6.45) is 1.21. The summed E-state index contributed by atoms with van der Waals surface area (Å²) in [5.41, 5.74) is 0. The van der Waals surface area contributed by atoms with Gasteiger partial charge in [0.15, 0.2) is 17.4 Å². The van der Waals surface area contributed by atoms with Crippen molar-refractivity contribution in [1.29, 1.82) is 0 Å². The van der Waals surface area contributed by atoms with E-state index in [0.29, 0.717) is 0 Å². The molecule has 0 aromatic rings. The zero-order valence-corrected chi connectivity index (χ0v) is 6.49. The van der Waals surface area contributed by atoms with Crippen molar-refractivity contribution >= 4 is 17.4 Å². The molecule has 0 heterocycles. The monoisotopic (exact) mass is 130 g/mol. The van der Waals surface area contributed by atoms with E-state index in [1.807, 2.05) is 0 Å². The molecule has 0 amide bonds. The molecule has 0 aromatic carbocycles. The van der Waals surface area contributed by atoms with Crippen molar-refractivity contribution in [2.24, 2.45) is 0 Å². The number of allylic oxidation sites excluding steroid dienone is 1. The average Bonchev–Trinajstić information content (AvgIpc) is 1.37. The molecule has 0 rings (SSSR count). The van der Waals surface area contributed by atoms with Gasteiger partial charge in [0.2, 0.25) is 0 Å². The molecule has 0 fully saturated rings. The molecule has 0 saturated carbocycles. The Morgan fingerprint density at radius 1 is 1.83 bits per heavy atom. The van der Waals surface area contributed by atoms with Crippen molar-refractivity contribution in [3.05, 3.63) is 12.7 Å². The molecule has 0 unspecified atom stereocenters. The molecule has 0 saturated heterocycles. The van der Waals surface area contributed by atoms with Gasteiger partial charge < -0.3 is 1.43 Å². The Balaban J connectivity index is -0.0000000150. The van der Waals surface area contributed by atoms with Crippen molar-refractivity contribution in [3.63, 3.8) is 0 Å². The summed E-state index contributed by atoms with van der Waals surface area (Å²) >= 11 is 0. The van der Waals surface area contributed by atoms with Crippen LogP contribution in [0.1, 0.15) is 1.43 Å². The number of hydrogen-bond acceptors (Lipinski definition) is 0. The molecule has 0 aromatic heterocycles. The van der Waals surface area contributed by atoms with E-state index in [2.05, 4.69) is 6.58 Å². The predicted octanol–water partition coefficient (Wildman–Crippen LogP) is -2.93. The fraction of sp³-hybridized carbons (Fsp3) is 0.333. The topological polar surface area (TPSA) is 0 Å². The zero-order valence-electron chi connectivity index (χ0n) is 4.37. The van der Waals surface area contributed by atoms with Crippen LogP contribution in [0.5, 0.6) is 0 Å². The maximum absolute atomic E-state index is 10.6. The van der Waals surface area contributed by atoms with E-state index in [9.17, 15) is 4.39 Å². The van der Waals surface area contributed by atoms with Crippen LogP contribution >= 0.6 is 0 Å². The minimum atomic E-state index is -0.417. The SMILES string of the molecule is C=CCF.[AlH3].[H-].[K+]. The third-order valence-corrected chi connectivity index (χ3v) is 0.109. The summed E-state index contributed by atoms with van der Waals surface area (Å²) in [6, 6.07) is 0. The molecule has 0 radical (unpaired) electrons. The van der Waals surface area contributed by atoms with Gasteiger partial charge in [-0.05, 0) is 0 Å². The first kappa shape index (κ1) is 15.7. The second kappa shape index (κ2) is 15.8. The van der Waals surface area contributed by atoms with Crippen LogP contribution in [0.25, 0.3) is 0 Å². The van der Waals surface area contributed by atoms with E-state index in [1.54, 1.807) is 0 Å². The number of hydrogen-bond donors (Lipinski definition) is 0. The molecule has 0 aliphatic carbocycles. The third kappa shape index (κ3) is 17.0. The smallest absolute Gasteiger partial charge is 1.00 e. The molecule has 3 heteroatoms. The van der Waals surface area contributed by atoms with Gasteiger partial charge in [0.1, 0.15) is 6.67 Å². The average molecular weight is 130 g/mol. The van der Waals surface area contributed by atoms with Crippen LogP contribution in [0, 0.1) is 0 Å². The Bertz CT molecular complexity index is 28.9. The number of rotatable bonds is 1. The molecular weight excluding hydrogens is 121 g/mol. The molecule has 0 atom stereocenters. The van der Waals surface area contributed by atoms with Gasteiger partial charge in [-0.15, -0.1) is 6.58 Å². The van der Waals surface area contributed by atoms with E-state index in [4.69, 9.17) is 0 Å². The van der Waals surface area contributed by atoms with Gasteiger partial charge in [0.05, 0.1) is 0 Å². The van der Waals surface area contributed by atoms with Gasteiger partial charge in [-0.2, -0.15) is 0 Å². The van der Waals surface area contributed by atoms with Crippen molar-refractivity contribution in [2.75, 3.05) is 6.67 Å². The summed E-state index contributed by atoms with van der Waals surface area (Å²) in [4.78, 5) is 0. The van der Waals surface area contributed by atoms with Crippen molar-refractivity contribution in [1.82, 2.24) is 0 Å². The maximum atomic E-state index is 10.6. The summed E-state index contributed by atoms with van der Waals surface area (Å²) in [5, 5.41) is 0. The molecular formula is C3H9AlFK. The predicted molar refractivity (Wildman–Crippen MR) is 27.2 cm³/mol. The van der Waals surface area contributed by atoms with E-state index in [1.165, 1.54) is 6.08 Å². The Morgan fingerprint density at radius 3 is 2.00 bits per heavy atom. The van der Waals surface area contributed by atoms with Crippen molar-refractivity contribution in [2.45, 2.75) is 0 Å². The molecule has 0 N–H and O–H groups in total. The summed E-state index contributed by atoms with van der Waals surface area (Å²) < 4.78 is 10.6. The Labute approximate surface area is 92.2 Å². The Morgan fingerprint density at radius 2 is 2.00 bits per heavy atom. The largest absolute Gasteiger partial charge is 1.00 e. The second-order valence-electron chi connectivity index (χ2n) is 0.443.